The van der Waals surface area contributed by atoms with E-state index in [1.165, 1.54) is 19.1 Å². The molecule has 0 aromatic heterocycles. The van der Waals surface area contributed by atoms with Crippen molar-refractivity contribution in [3.63, 3.8) is 0 Å². The van der Waals surface area contributed by atoms with Crippen LogP contribution < -0.4 is 15.2 Å². The van der Waals surface area contributed by atoms with Crippen LogP contribution in [0.15, 0.2) is 18.2 Å². The molecule has 1 aromatic carbocycles. The predicted molar refractivity (Wildman–Crippen MR) is 140 cm³/mol. The SMILES string of the molecule is CCOC(=O)OC[C@H](C)OC(=O)[C@@H](N)Cc1ccc(OC(=O)OCC(C)CC)c(OC(=O)OCC(C)CC)c1. The maximum absolute atomic E-state index is 12.4. The topological polar surface area (TPSA) is 159 Å². The van der Waals surface area contributed by atoms with Crippen molar-refractivity contribution >= 4 is 24.4 Å². The summed E-state index contributed by atoms with van der Waals surface area (Å²) in [6.45, 7) is 11.2. The fourth-order valence-electron chi connectivity index (χ4n) is 2.74. The van der Waals surface area contributed by atoms with E-state index in [1.807, 2.05) is 27.7 Å². The summed E-state index contributed by atoms with van der Waals surface area (Å²) in [7, 11) is 0. The third-order valence-corrected chi connectivity index (χ3v) is 5.53. The van der Waals surface area contributed by atoms with Gasteiger partial charge in [-0.05, 0) is 49.8 Å². The second kappa shape index (κ2) is 17.9. The summed E-state index contributed by atoms with van der Waals surface area (Å²) in [4.78, 5) is 48.2. The second-order valence-corrected chi connectivity index (χ2v) is 9.19. The molecule has 0 heterocycles. The number of carbonyl (C=O) groups excluding carboxylic acids is 4. The first kappa shape index (κ1) is 33.5. The number of hydrogen-bond donors (Lipinski definition) is 1. The minimum atomic E-state index is -1.09. The molecule has 0 aliphatic carbocycles. The molecule has 1 rings (SSSR count). The zero-order valence-electron chi connectivity index (χ0n) is 23.6. The number of rotatable bonds is 15. The Morgan fingerprint density at radius 1 is 0.744 bits per heavy atom. The van der Waals surface area contributed by atoms with Gasteiger partial charge < -0.3 is 38.9 Å². The zero-order valence-corrected chi connectivity index (χ0v) is 23.6. The average molecular weight is 556 g/mol. The Morgan fingerprint density at radius 3 is 1.82 bits per heavy atom. The molecule has 2 N–H and O–H groups in total. The lowest BCUT2D eigenvalue weighted by atomic mass is 10.1. The molecular formula is C27H41NO11. The van der Waals surface area contributed by atoms with Gasteiger partial charge in [-0.25, -0.2) is 14.4 Å². The van der Waals surface area contributed by atoms with E-state index >= 15 is 0 Å². The monoisotopic (exact) mass is 555 g/mol. The standard InChI is InChI=1S/C27H41NO11/c1-7-17(4)14-34-26(31)38-22-11-10-20(13-23(22)39-27(32)35-15-18(5)8-2)12-21(28)24(29)37-19(6)16-36-25(30)33-9-3/h10-11,13,17-19,21H,7-9,12,14-16,28H2,1-6H3/t17?,18?,19-,21-/m0/s1. The van der Waals surface area contributed by atoms with Crippen LogP contribution >= 0.6 is 0 Å². The molecule has 0 saturated carbocycles. The molecule has 0 aliphatic heterocycles. The van der Waals surface area contributed by atoms with Crippen LogP contribution in [0.25, 0.3) is 0 Å². The number of nitrogens with two attached hydrogens (primary N) is 1. The van der Waals surface area contributed by atoms with Gasteiger partial charge in [0.15, 0.2) is 11.5 Å². The van der Waals surface area contributed by atoms with Crippen LogP contribution in [0.4, 0.5) is 14.4 Å². The lowest BCUT2D eigenvalue weighted by Crippen LogP contribution is -2.37. The highest BCUT2D eigenvalue weighted by Crippen LogP contribution is 2.30. The first-order valence-electron chi connectivity index (χ1n) is 13.1. The predicted octanol–water partition coefficient (Wildman–Crippen LogP) is 4.78. The third kappa shape index (κ3) is 13.7. The Kier molecular flexibility index (Phi) is 15.3. The van der Waals surface area contributed by atoms with Crippen LogP contribution in [0.3, 0.4) is 0 Å². The number of hydrogen-bond acceptors (Lipinski definition) is 12. The molecule has 39 heavy (non-hydrogen) atoms. The van der Waals surface area contributed by atoms with Crippen LogP contribution in [0.2, 0.25) is 0 Å². The van der Waals surface area contributed by atoms with Gasteiger partial charge in [0.2, 0.25) is 0 Å². The van der Waals surface area contributed by atoms with E-state index in [-0.39, 0.29) is 56.2 Å². The maximum Gasteiger partial charge on any atom is 0.513 e. The van der Waals surface area contributed by atoms with Gasteiger partial charge in [-0.3, -0.25) is 4.79 Å². The van der Waals surface area contributed by atoms with Gasteiger partial charge in [-0.15, -0.1) is 0 Å². The summed E-state index contributed by atoms with van der Waals surface area (Å²) in [5, 5.41) is 0. The van der Waals surface area contributed by atoms with E-state index in [0.717, 1.165) is 12.8 Å². The maximum atomic E-state index is 12.4. The van der Waals surface area contributed by atoms with Crippen LogP contribution in [0.5, 0.6) is 11.5 Å². The number of carbonyl (C=O) groups is 4. The highest BCUT2D eigenvalue weighted by Gasteiger charge is 2.22. The number of ether oxygens (including phenoxy) is 7. The summed E-state index contributed by atoms with van der Waals surface area (Å²) in [5.41, 5.74) is 6.49. The minimum absolute atomic E-state index is 0.00129. The fourth-order valence-corrected chi connectivity index (χ4v) is 2.74. The average Bonchev–Trinajstić information content (AvgIpc) is 2.90. The van der Waals surface area contributed by atoms with Crippen molar-refractivity contribution in [1.82, 2.24) is 0 Å². The normalized spacial score (nSPS) is 13.7. The Labute approximate surface area is 229 Å². The number of benzene rings is 1. The van der Waals surface area contributed by atoms with E-state index in [0.29, 0.717) is 5.56 Å². The third-order valence-electron chi connectivity index (χ3n) is 5.53. The molecule has 0 bridgehead atoms. The molecule has 0 aliphatic rings. The van der Waals surface area contributed by atoms with Crippen LogP contribution in [0, 0.1) is 11.8 Å². The van der Waals surface area contributed by atoms with Gasteiger partial charge >= 0.3 is 24.4 Å². The largest absolute Gasteiger partial charge is 0.513 e. The van der Waals surface area contributed by atoms with E-state index < -0.39 is 36.6 Å². The lowest BCUT2D eigenvalue weighted by Gasteiger charge is -2.17. The Hall–Kier alpha value is -3.54. The zero-order chi connectivity index (χ0) is 29.4. The molecule has 12 nitrogen and oxygen atoms in total. The molecule has 12 heteroatoms. The van der Waals surface area contributed by atoms with Crippen molar-refractivity contribution < 1.29 is 52.3 Å². The molecule has 0 radical (unpaired) electrons. The molecule has 0 spiro atoms. The van der Waals surface area contributed by atoms with Crippen LogP contribution in [-0.2, 0) is 34.9 Å². The van der Waals surface area contributed by atoms with Gasteiger partial charge in [-0.2, -0.15) is 0 Å². The summed E-state index contributed by atoms with van der Waals surface area (Å²) in [6, 6.07) is 3.26. The highest BCUT2D eigenvalue weighted by molar-refractivity contribution is 5.76. The molecular weight excluding hydrogens is 514 g/mol. The Bertz CT molecular complexity index is 936. The van der Waals surface area contributed by atoms with E-state index in [1.54, 1.807) is 13.0 Å². The van der Waals surface area contributed by atoms with Gasteiger partial charge in [-0.1, -0.05) is 46.6 Å². The fraction of sp³-hybridized carbons (Fsp3) is 0.630. The van der Waals surface area contributed by atoms with Crippen LogP contribution in [-0.4, -0.2) is 63.0 Å². The van der Waals surface area contributed by atoms with Crippen molar-refractivity contribution in [2.75, 3.05) is 26.4 Å². The summed E-state index contributed by atoms with van der Waals surface area (Å²) >= 11 is 0. The van der Waals surface area contributed by atoms with Gasteiger partial charge in [0, 0.05) is 0 Å². The molecule has 220 valence electrons. The summed E-state index contributed by atoms with van der Waals surface area (Å²) in [5.74, 6) is -0.649. The number of esters is 1. The van der Waals surface area contributed by atoms with E-state index in [2.05, 4.69) is 4.74 Å². The highest BCUT2D eigenvalue weighted by atomic mass is 16.7. The Balaban J connectivity index is 2.90. The molecule has 0 fully saturated rings. The molecule has 2 unspecified atom stereocenters. The summed E-state index contributed by atoms with van der Waals surface area (Å²) < 4.78 is 35.5. The van der Waals surface area contributed by atoms with Crippen molar-refractivity contribution in [2.24, 2.45) is 17.6 Å². The molecule has 1 aromatic rings. The lowest BCUT2D eigenvalue weighted by molar-refractivity contribution is -0.152. The van der Waals surface area contributed by atoms with Gasteiger partial charge in [0.25, 0.3) is 0 Å². The van der Waals surface area contributed by atoms with Crippen molar-refractivity contribution in [2.45, 2.75) is 73.0 Å². The smallest absolute Gasteiger partial charge is 0.458 e. The quantitative estimate of drug-likeness (QED) is 0.179. The van der Waals surface area contributed by atoms with Gasteiger partial charge in [0.05, 0.1) is 19.8 Å². The minimum Gasteiger partial charge on any atom is -0.458 e. The van der Waals surface area contributed by atoms with E-state index in [9.17, 15) is 19.2 Å². The summed E-state index contributed by atoms with van der Waals surface area (Å²) in [6.07, 6.45) is -1.94. The van der Waals surface area contributed by atoms with Crippen molar-refractivity contribution in [3.8, 4) is 11.5 Å². The van der Waals surface area contributed by atoms with Crippen molar-refractivity contribution in [3.05, 3.63) is 23.8 Å². The first-order valence-corrected chi connectivity index (χ1v) is 13.1. The van der Waals surface area contributed by atoms with Crippen LogP contribution in [0.1, 0.15) is 59.9 Å². The van der Waals surface area contributed by atoms with Gasteiger partial charge in [0.1, 0.15) is 18.8 Å². The molecule has 0 amide bonds. The molecule has 0 saturated heterocycles. The van der Waals surface area contributed by atoms with E-state index in [4.69, 9.17) is 34.2 Å². The second-order valence-electron chi connectivity index (χ2n) is 9.19. The molecule has 4 atom stereocenters. The van der Waals surface area contributed by atoms with Crippen molar-refractivity contribution in [1.29, 1.82) is 0 Å². The Morgan fingerprint density at radius 2 is 1.28 bits per heavy atom. The first-order chi connectivity index (χ1) is 18.5.